The van der Waals surface area contributed by atoms with Crippen LogP contribution in [0.15, 0.2) is 162 Å². The molecule has 0 bridgehead atoms. The normalized spacial score (nSPS) is 15.0. The molecule has 31 nitrogen and oxygen atoms in total. The first-order valence-corrected chi connectivity index (χ1v) is 35.7. The van der Waals surface area contributed by atoms with Gasteiger partial charge in [-0.25, -0.2) is 0 Å². The van der Waals surface area contributed by atoms with E-state index in [1.54, 1.807) is 85.1 Å². The van der Waals surface area contributed by atoms with E-state index >= 15 is 19.2 Å². The number of nitrogens with one attached hydrogen (secondary N) is 10. The van der Waals surface area contributed by atoms with Crippen LogP contribution in [0, 0.1) is 0 Å². The second-order valence-electron chi connectivity index (χ2n) is 26.4. The molecule has 2 heterocycles. The number of aliphatic hydroxyl groups is 1. The van der Waals surface area contributed by atoms with Crippen LogP contribution in [0.5, 0.6) is 5.75 Å². The van der Waals surface area contributed by atoms with Crippen LogP contribution in [0.4, 0.5) is 0 Å². The summed E-state index contributed by atoms with van der Waals surface area (Å²) in [5, 5.41) is 48.5. The molecule has 572 valence electrons. The summed E-state index contributed by atoms with van der Waals surface area (Å²) in [5.41, 5.74) is 31.3. The van der Waals surface area contributed by atoms with Crippen LogP contribution >= 0.6 is 11.6 Å². The smallest absolute Gasteiger partial charge is 0.245 e. The number of rotatable bonds is 38. The molecule has 10 atom stereocenters. The van der Waals surface area contributed by atoms with Crippen LogP contribution in [-0.4, -0.2) is 184 Å². The Balaban J connectivity index is 1.06. The van der Waals surface area contributed by atoms with Crippen molar-refractivity contribution < 1.29 is 63.0 Å². The minimum absolute atomic E-state index is 0.0261. The first-order valence-electron chi connectivity index (χ1n) is 35.3. The van der Waals surface area contributed by atoms with E-state index in [0.29, 0.717) is 50.2 Å². The average Bonchev–Trinajstić information content (AvgIpc) is 1.69. The second-order valence-corrected chi connectivity index (χ2v) is 26.9. The molecule has 1 aliphatic heterocycles. The maximum absolute atomic E-state index is 15.1. The lowest BCUT2D eigenvalue weighted by molar-refractivity contribution is -0.142. The third kappa shape index (κ3) is 24.5. The number of aliphatic hydroxyl groups excluding tert-OH is 1. The summed E-state index contributed by atoms with van der Waals surface area (Å²) in [6, 6.07) is 26.8. The van der Waals surface area contributed by atoms with Gasteiger partial charge in [0.15, 0.2) is 11.9 Å². The number of carbonyl (C=O) groups is 11. The van der Waals surface area contributed by atoms with Gasteiger partial charge in [0.1, 0.15) is 66.2 Å². The summed E-state index contributed by atoms with van der Waals surface area (Å²) in [5.74, 6) is -9.77. The Bertz CT molecular complexity index is 4380. The number of aromatic hydroxyl groups is 1. The van der Waals surface area contributed by atoms with E-state index in [4.69, 9.17) is 40.3 Å². The standard InChI is InChI=1S/C76H93ClN18O13/c1-43(65(78)99)86-73(107)64-21-12-34-95(64)74(108)57(20-11-33-84-76(81)82)89-69(103)59(36-45-13-4-3-5-14-45)90-66(100)56(19-10-32-83-75(79)80)88-68(102)60(38-47-25-30-53(98)31-26-47)92-72(106)63(42-96)94-71(105)62(40-51-41-85-55-18-9-8-17-54(51)55)93-70(104)61(37-46-23-28-52(77)29-24-46)91-67(101)58(87-44(2)97)39-48-22-27-49-15-6-7-16-50(49)35-48/h3-9,13-18,22-31,35,41,43,56-64,85,96,98H,10-12,19-21,32-34,36-40,42H2,1-2H3,(H2,78,99)(H,86,107)(H,87,97)(H,88,102)(H,89,103)(H,90,100)(H,91,101)(H,92,106)(H,93,104)(H,94,105)(H4,79,80,83)(H4,81,82,84)/t43-,56-,57-,58-,59-,60-,61-,62+,63-,64-/m0/s1. The van der Waals surface area contributed by atoms with Crippen molar-refractivity contribution in [2.45, 2.75) is 145 Å². The predicted molar refractivity (Wildman–Crippen MR) is 406 cm³/mol. The Kier molecular flexibility index (Phi) is 30.1. The van der Waals surface area contributed by atoms with Gasteiger partial charge in [0.25, 0.3) is 0 Å². The fraction of sp³-hybridized carbons (Fsp3) is 0.355. The highest BCUT2D eigenvalue weighted by Crippen LogP contribution is 2.24. The van der Waals surface area contributed by atoms with Crippen molar-refractivity contribution in [3.63, 3.8) is 0 Å². The molecule has 11 amide bonds. The average molecular weight is 1500 g/mol. The molecule has 32 heteroatoms. The van der Waals surface area contributed by atoms with Gasteiger partial charge in [-0.1, -0.05) is 127 Å². The molecule has 1 fully saturated rings. The number of nitrogens with two attached hydrogens (primary N) is 5. The van der Waals surface area contributed by atoms with Gasteiger partial charge in [0.2, 0.25) is 65.0 Å². The molecule has 1 aromatic heterocycles. The minimum Gasteiger partial charge on any atom is -0.508 e. The van der Waals surface area contributed by atoms with Gasteiger partial charge in [-0.3, -0.25) is 62.7 Å². The maximum atomic E-state index is 15.1. The number of phenols is 1. The van der Waals surface area contributed by atoms with Gasteiger partial charge in [-0.2, -0.15) is 0 Å². The van der Waals surface area contributed by atoms with Crippen molar-refractivity contribution in [3.8, 4) is 5.75 Å². The lowest BCUT2D eigenvalue weighted by atomic mass is 9.99. The van der Waals surface area contributed by atoms with Gasteiger partial charge in [-0.15, -0.1) is 0 Å². The fourth-order valence-electron chi connectivity index (χ4n) is 12.5. The van der Waals surface area contributed by atoms with E-state index in [0.717, 1.165) is 10.8 Å². The number of carbonyl (C=O) groups excluding carboxylic acids is 11. The Morgan fingerprint density at radius 1 is 0.509 bits per heavy atom. The highest BCUT2D eigenvalue weighted by molar-refractivity contribution is 6.30. The number of aliphatic imine (C=N–C) groups is 2. The molecule has 7 aromatic rings. The number of fused-ring (bicyclic) bond motifs is 2. The zero-order chi connectivity index (χ0) is 78.0. The monoisotopic (exact) mass is 1500 g/mol. The van der Waals surface area contributed by atoms with Crippen LogP contribution in [-0.2, 0) is 84.8 Å². The molecule has 8 rings (SSSR count). The molecule has 0 unspecified atom stereocenters. The number of likely N-dealkylation sites (tertiary alicyclic amines) is 1. The largest absolute Gasteiger partial charge is 0.508 e. The summed E-state index contributed by atoms with van der Waals surface area (Å²) in [4.78, 5) is 170. The Morgan fingerprint density at radius 3 is 1.51 bits per heavy atom. The molecular weight excluding hydrogens is 1410 g/mol. The van der Waals surface area contributed by atoms with Crippen molar-refractivity contribution in [2.24, 2.45) is 38.7 Å². The van der Waals surface area contributed by atoms with Gasteiger partial charge < -0.3 is 96.6 Å². The van der Waals surface area contributed by atoms with Crippen molar-refractivity contribution >= 4 is 110 Å². The minimum atomic E-state index is -1.86. The zero-order valence-corrected chi connectivity index (χ0v) is 60.6. The third-order valence-electron chi connectivity index (χ3n) is 18.2. The van der Waals surface area contributed by atoms with E-state index in [-0.39, 0.29) is 102 Å². The van der Waals surface area contributed by atoms with E-state index < -0.39 is 132 Å². The van der Waals surface area contributed by atoms with Crippen molar-refractivity contribution in [3.05, 3.63) is 185 Å². The van der Waals surface area contributed by atoms with Crippen molar-refractivity contribution in [1.82, 2.24) is 57.7 Å². The van der Waals surface area contributed by atoms with Crippen LogP contribution < -0.4 is 76.5 Å². The lowest BCUT2D eigenvalue weighted by Gasteiger charge is -2.30. The molecule has 0 spiro atoms. The SMILES string of the molecule is CC(=O)N[C@@H](Cc1ccc2ccccc2c1)C(=O)N[C@@H](Cc1ccc(Cl)cc1)C(=O)N[C@H](Cc1c[nH]c2ccccc12)C(=O)N[C@@H](CO)C(=O)N[C@@H](Cc1ccc(O)cc1)C(=O)N[C@@H](CCCN=C(N)N)C(=O)N[C@@H](Cc1ccccc1)C(=O)N[C@@H](CCCN=C(N)N)C(=O)N1CCC[C@H]1C(=O)N[C@@H](C)C(N)=O. The summed E-state index contributed by atoms with van der Waals surface area (Å²) >= 11 is 6.27. The van der Waals surface area contributed by atoms with E-state index in [1.807, 2.05) is 42.5 Å². The maximum Gasteiger partial charge on any atom is 0.245 e. The molecule has 0 saturated carbocycles. The Morgan fingerprint density at radius 2 is 0.954 bits per heavy atom. The second kappa shape index (κ2) is 39.8. The topological polar surface area (TPSA) is 510 Å². The predicted octanol–water partition coefficient (Wildman–Crippen LogP) is 0.172. The number of phenolic OH excluding ortho intramolecular Hbond substituents is 1. The fourth-order valence-corrected chi connectivity index (χ4v) is 12.6. The number of benzene rings is 6. The van der Waals surface area contributed by atoms with Crippen LogP contribution in [0.25, 0.3) is 21.7 Å². The number of hydrogen-bond acceptors (Lipinski definition) is 15. The molecule has 1 aliphatic rings. The van der Waals surface area contributed by atoms with Crippen molar-refractivity contribution in [1.29, 1.82) is 0 Å². The number of amides is 11. The number of primary amides is 1. The van der Waals surface area contributed by atoms with Crippen LogP contribution in [0.3, 0.4) is 0 Å². The summed E-state index contributed by atoms with van der Waals surface area (Å²) in [6.45, 7) is 1.68. The molecule has 0 aliphatic carbocycles. The number of H-pyrrole nitrogens is 1. The van der Waals surface area contributed by atoms with Crippen LogP contribution in [0.1, 0.15) is 80.2 Å². The van der Waals surface area contributed by atoms with Crippen molar-refractivity contribution in [2.75, 3.05) is 26.2 Å². The molecular formula is C76H93ClN18O13. The van der Waals surface area contributed by atoms with E-state index in [9.17, 15) is 43.8 Å². The number of guanidine groups is 2. The van der Waals surface area contributed by atoms with E-state index in [1.165, 1.54) is 43.0 Å². The number of aromatic nitrogens is 1. The lowest BCUT2D eigenvalue weighted by Crippen LogP contribution is -2.61. The number of halogens is 1. The first-order chi connectivity index (χ1) is 51.7. The molecule has 22 N–H and O–H groups in total. The van der Waals surface area contributed by atoms with Gasteiger partial charge in [-0.05, 0) is 114 Å². The molecule has 108 heavy (non-hydrogen) atoms. The highest BCUT2D eigenvalue weighted by atomic mass is 35.5. The summed E-state index contributed by atoms with van der Waals surface area (Å²) in [7, 11) is 0. The highest BCUT2D eigenvalue weighted by Gasteiger charge is 2.40. The Hall–Kier alpha value is -12.1. The number of para-hydroxylation sites is 1. The van der Waals surface area contributed by atoms with E-state index in [2.05, 4.69) is 62.8 Å². The molecule has 1 saturated heterocycles. The molecule has 0 radical (unpaired) electrons. The van der Waals surface area contributed by atoms with Crippen LogP contribution in [0.2, 0.25) is 5.02 Å². The quantitative estimate of drug-likeness (QED) is 0.0139. The van der Waals surface area contributed by atoms with Gasteiger partial charge >= 0.3 is 0 Å². The number of hydrogen-bond donors (Lipinski definition) is 17. The Labute approximate surface area is 628 Å². The number of nitrogens with zero attached hydrogens (tertiary/aromatic N) is 3. The van der Waals surface area contributed by atoms with Gasteiger partial charge in [0, 0.05) is 80.8 Å². The summed E-state index contributed by atoms with van der Waals surface area (Å²) in [6.07, 6.45) is 1.35. The third-order valence-corrected chi connectivity index (χ3v) is 18.4. The first kappa shape index (κ1) is 81.5. The zero-order valence-electron chi connectivity index (χ0n) is 59.8. The van der Waals surface area contributed by atoms with Gasteiger partial charge in [0.05, 0.1) is 6.61 Å². The number of aromatic amines is 1. The summed E-state index contributed by atoms with van der Waals surface area (Å²) < 4.78 is 0. The molecule has 6 aromatic carbocycles.